The smallest absolute Gasteiger partial charge is 0.323 e. The lowest BCUT2D eigenvalue weighted by Gasteiger charge is -2.31. The van der Waals surface area contributed by atoms with E-state index in [1.165, 1.54) is 11.1 Å². The molecule has 1 amide bonds. The average molecular weight is 388 g/mol. The summed E-state index contributed by atoms with van der Waals surface area (Å²) in [6.45, 7) is 2.89. The van der Waals surface area contributed by atoms with Crippen LogP contribution in [0.5, 0.6) is 0 Å². The first-order valence-corrected chi connectivity index (χ1v) is 9.04. The molecule has 7 heteroatoms. The lowest BCUT2D eigenvalue weighted by atomic mass is 10.1. The van der Waals surface area contributed by atoms with E-state index in [4.69, 9.17) is 11.6 Å². The highest BCUT2D eigenvalue weighted by molar-refractivity contribution is 6.30. The van der Waals surface area contributed by atoms with Crippen LogP contribution in [0.2, 0.25) is 5.02 Å². The van der Waals surface area contributed by atoms with Crippen molar-refractivity contribution in [3.63, 3.8) is 0 Å². The fraction of sp³-hybridized carbons (Fsp3) is 0.300. The van der Waals surface area contributed by atoms with Gasteiger partial charge >= 0.3 is 5.97 Å². The van der Waals surface area contributed by atoms with Crippen molar-refractivity contribution in [2.45, 2.75) is 20.0 Å². The normalized spacial score (nSPS) is 13.3. The van der Waals surface area contributed by atoms with Crippen molar-refractivity contribution in [2.24, 2.45) is 0 Å². The molecular formula is C20H22ClN3O3. The van der Waals surface area contributed by atoms with E-state index < -0.39 is 5.97 Å². The first kappa shape index (κ1) is 19.2. The summed E-state index contributed by atoms with van der Waals surface area (Å²) in [5.74, 6) is -1.16. The maximum absolute atomic E-state index is 12.8. The van der Waals surface area contributed by atoms with Crippen LogP contribution in [-0.2, 0) is 22.7 Å². The quantitative estimate of drug-likeness (QED) is 0.825. The Labute approximate surface area is 163 Å². The van der Waals surface area contributed by atoms with Gasteiger partial charge in [0.25, 0.3) is 5.91 Å². The van der Waals surface area contributed by atoms with Crippen LogP contribution in [0.1, 0.15) is 16.7 Å². The Bertz CT molecular complexity index is 846. The molecule has 3 rings (SSSR count). The first-order valence-electron chi connectivity index (χ1n) is 8.66. The van der Waals surface area contributed by atoms with Gasteiger partial charge in [-0.25, -0.2) is 5.01 Å². The van der Waals surface area contributed by atoms with Crippen molar-refractivity contribution < 1.29 is 14.7 Å². The summed E-state index contributed by atoms with van der Waals surface area (Å²) in [6, 6.07) is 13.3. The van der Waals surface area contributed by atoms with Gasteiger partial charge in [-0.2, -0.15) is 0 Å². The molecule has 2 aromatic carbocycles. The molecule has 1 N–H and O–H groups in total. The summed E-state index contributed by atoms with van der Waals surface area (Å²) >= 11 is 6.00. The van der Waals surface area contributed by atoms with E-state index in [0.717, 1.165) is 5.56 Å². The van der Waals surface area contributed by atoms with Crippen LogP contribution in [0.25, 0.3) is 0 Å². The third kappa shape index (κ3) is 4.40. The van der Waals surface area contributed by atoms with Gasteiger partial charge in [0.05, 0.1) is 6.54 Å². The topological polar surface area (TPSA) is 64.1 Å². The molecule has 0 radical (unpaired) electrons. The number of rotatable bonds is 6. The second kappa shape index (κ2) is 7.98. The number of hydrazine groups is 1. The Morgan fingerprint density at radius 2 is 1.74 bits per heavy atom. The summed E-state index contributed by atoms with van der Waals surface area (Å²) in [7, 11) is 1.72. The molecule has 0 bridgehead atoms. The minimum Gasteiger partial charge on any atom is -0.480 e. The van der Waals surface area contributed by atoms with Crippen molar-refractivity contribution in [1.82, 2.24) is 10.0 Å². The van der Waals surface area contributed by atoms with Crippen LogP contribution >= 0.6 is 11.6 Å². The standard InChI is InChI=1S/C20H22ClN3O3/c1-14-9-17(21)7-8-18(14)23(13-20(26)27)12-19(25)22(2)24-10-15-5-3-4-6-16(15)11-24/h3-9H,10-13H2,1-2H3,(H,26,27). The minimum atomic E-state index is -0.992. The van der Waals surface area contributed by atoms with E-state index in [0.29, 0.717) is 23.8 Å². The fourth-order valence-corrected chi connectivity index (χ4v) is 3.54. The summed E-state index contributed by atoms with van der Waals surface area (Å²) in [4.78, 5) is 25.7. The average Bonchev–Trinajstić information content (AvgIpc) is 3.04. The van der Waals surface area contributed by atoms with E-state index in [9.17, 15) is 14.7 Å². The van der Waals surface area contributed by atoms with Gasteiger partial charge in [0.15, 0.2) is 0 Å². The van der Waals surface area contributed by atoms with E-state index >= 15 is 0 Å². The van der Waals surface area contributed by atoms with Gasteiger partial charge in [-0.05, 0) is 41.8 Å². The highest BCUT2D eigenvalue weighted by Crippen LogP contribution is 2.25. The predicted molar refractivity (Wildman–Crippen MR) is 104 cm³/mol. The van der Waals surface area contributed by atoms with Crippen LogP contribution < -0.4 is 4.90 Å². The van der Waals surface area contributed by atoms with E-state index in [2.05, 4.69) is 12.1 Å². The number of fused-ring (bicyclic) bond motifs is 1. The number of carbonyl (C=O) groups is 2. The Balaban J connectivity index is 1.73. The number of benzene rings is 2. The lowest BCUT2D eigenvalue weighted by molar-refractivity contribution is -0.145. The van der Waals surface area contributed by atoms with Crippen LogP contribution in [0.4, 0.5) is 5.69 Å². The number of aliphatic carboxylic acids is 1. The van der Waals surface area contributed by atoms with Crippen LogP contribution in [0, 0.1) is 6.92 Å². The molecule has 0 aliphatic carbocycles. The lowest BCUT2D eigenvalue weighted by Crippen LogP contribution is -2.47. The molecule has 6 nitrogen and oxygen atoms in total. The van der Waals surface area contributed by atoms with Crippen molar-refractivity contribution in [1.29, 1.82) is 0 Å². The number of anilines is 1. The molecule has 142 valence electrons. The molecule has 1 aliphatic rings. The summed E-state index contributed by atoms with van der Waals surface area (Å²) in [5.41, 5.74) is 3.92. The molecule has 0 fully saturated rings. The third-order valence-corrected chi connectivity index (χ3v) is 5.00. The molecule has 0 atom stereocenters. The van der Waals surface area contributed by atoms with Crippen LogP contribution in [0.15, 0.2) is 42.5 Å². The van der Waals surface area contributed by atoms with E-state index in [1.54, 1.807) is 35.2 Å². The Hall–Kier alpha value is -2.57. The van der Waals surface area contributed by atoms with E-state index in [-0.39, 0.29) is 19.0 Å². The Morgan fingerprint density at radius 3 is 2.30 bits per heavy atom. The Kier molecular flexibility index (Phi) is 5.68. The number of likely N-dealkylation sites (N-methyl/N-ethyl adjacent to an activating group) is 1. The van der Waals surface area contributed by atoms with Gasteiger partial charge < -0.3 is 10.0 Å². The maximum atomic E-state index is 12.8. The van der Waals surface area contributed by atoms with Crippen LogP contribution in [0.3, 0.4) is 0 Å². The SMILES string of the molecule is Cc1cc(Cl)ccc1N(CC(=O)O)CC(=O)N(C)N1Cc2ccccc2C1. The Morgan fingerprint density at radius 1 is 1.11 bits per heavy atom. The largest absolute Gasteiger partial charge is 0.480 e. The summed E-state index contributed by atoms with van der Waals surface area (Å²) < 4.78 is 0. The molecular weight excluding hydrogens is 366 g/mol. The summed E-state index contributed by atoms with van der Waals surface area (Å²) in [5, 5.41) is 13.4. The van der Waals surface area contributed by atoms with Gasteiger partial charge in [-0.3, -0.25) is 14.6 Å². The van der Waals surface area contributed by atoms with Crippen molar-refractivity contribution in [2.75, 3.05) is 25.0 Å². The number of amides is 1. The fourth-order valence-electron chi connectivity index (χ4n) is 3.31. The number of aryl methyl sites for hydroxylation is 1. The van der Waals surface area contributed by atoms with Crippen molar-refractivity contribution in [3.05, 3.63) is 64.2 Å². The molecule has 0 aromatic heterocycles. The van der Waals surface area contributed by atoms with Gasteiger partial charge in [-0.15, -0.1) is 0 Å². The number of halogens is 1. The third-order valence-electron chi connectivity index (χ3n) is 4.76. The second-order valence-corrected chi connectivity index (χ2v) is 7.13. The first-order chi connectivity index (χ1) is 12.8. The molecule has 0 spiro atoms. The van der Waals surface area contributed by atoms with Gasteiger partial charge in [0.2, 0.25) is 0 Å². The van der Waals surface area contributed by atoms with Gasteiger partial charge in [-0.1, -0.05) is 35.9 Å². The molecule has 1 aliphatic heterocycles. The molecule has 0 saturated heterocycles. The van der Waals surface area contributed by atoms with Gasteiger partial charge in [0.1, 0.15) is 6.54 Å². The number of nitrogens with zero attached hydrogens (tertiary/aromatic N) is 3. The molecule has 0 unspecified atom stereocenters. The van der Waals surface area contributed by atoms with Crippen LogP contribution in [-0.4, -0.2) is 47.1 Å². The van der Waals surface area contributed by atoms with Crippen molar-refractivity contribution in [3.8, 4) is 0 Å². The molecule has 0 saturated carbocycles. The summed E-state index contributed by atoms with van der Waals surface area (Å²) in [6.07, 6.45) is 0. The molecule has 2 aromatic rings. The zero-order valence-corrected chi connectivity index (χ0v) is 16.1. The van der Waals surface area contributed by atoms with Gasteiger partial charge in [0, 0.05) is 30.8 Å². The minimum absolute atomic E-state index is 0.0296. The number of hydrogen-bond acceptors (Lipinski definition) is 4. The predicted octanol–water partition coefficient (Wildman–Crippen LogP) is 2.93. The van der Waals surface area contributed by atoms with Crippen molar-refractivity contribution >= 4 is 29.2 Å². The highest BCUT2D eigenvalue weighted by Gasteiger charge is 2.26. The number of carboxylic acids is 1. The monoisotopic (exact) mass is 387 g/mol. The number of carbonyl (C=O) groups excluding carboxylic acids is 1. The second-order valence-electron chi connectivity index (χ2n) is 6.69. The number of hydrogen-bond donors (Lipinski definition) is 1. The number of carboxylic acid groups (broad SMARTS) is 1. The highest BCUT2D eigenvalue weighted by atomic mass is 35.5. The van der Waals surface area contributed by atoms with E-state index in [1.807, 2.05) is 24.1 Å². The zero-order chi connectivity index (χ0) is 19.6. The maximum Gasteiger partial charge on any atom is 0.323 e. The molecule has 1 heterocycles. The zero-order valence-electron chi connectivity index (χ0n) is 15.4. The molecule has 27 heavy (non-hydrogen) atoms.